The van der Waals surface area contributed by atoms with Gasteiger partial charge in [0.25, 0.3) is 0 Å². The smallest absolute Gasteiger partial charge is 0.160 e. The maximum Gasteiger partial charge on any atom is 0.160 e. The summed E-state index contributed by atoms with van der Waals surface area (Å²) in [5, 5.41) is 18.1. The first-order valence-corrected chi connectivity index (χ1v) is 3.99. The Bertz CT molecular complexity index is 357. The van der Waals surface area contributed by atoms with Crippen LogP contribution in [0.25, 0.3) is 0 Å². The Kier molecular flexibility index (Phi) is 2.99. The molecule has 1 rings (SSSR count). The van der Waals surface area contributed by atoms with Gasteiger partial charge in [0.15, 0.2) is 11.5 Å². The number of phenolic OH excluding ortho intramolecular Hbond substituents is 1. The van der Waals surface area contributed by atoms with Gasteiger partial charge in [-0.1, -0.05) is 11.6 Å². The predicted molar refractivity (Wildman–Crippen MR) is 49.0 cm³/mol. The molecule has 0 aliphatic heterocycles. The van der Waals surface area contributed by atoms with E-state index in [2.05, 4.69) is 0 Å². The molecule has 3 nitrogen and oxygen atoms in total. The second-order valence-corrected chi connectivity index (χ2v) is 2.86. The van der Waals surface area contributed by atoms with Crippen LogP contribution in [0.5, 0.6) is 11.5 Å². The summed E-state index contributed by atoms with van der Waals surface area (Å²) in [5.41, 5.74) is 0.652. The summed E-state index contributed by atoms with van der Waals surface area (Å²) in [7, 11) is 1.44. The minimum Gasteiger partial charge on any atom is -0.504 e. The third-order valence-corrected chi connectivity index (χ3v) is 1.97. The predicted octanol–water partition coefficient (Wildman–Crippen LogP) is 2.12. The quantitative estimate of drug-likeness (QED) is 0.790. The van der Waals surface area contributed by atoms with E-state index in [9.17, 15) is 5.11 Å². The number of methoxy groups -OCH3 is 1. The Labute approximate surface area is 81.1 Å². The van der Waals surface area contributed by atoms with Crippen LogP contribution < -0.4 is 4.74 Å². The van der Waals surface area contributed by atoms with Crippen LogP contribution in [0.1, 0.15) is 5.56 Å². The summed E-state index contributed by atoms with van der Waals surface area (Å²) in [6.45, 7) is 0. The van der Waals surface area contributed by atoms with Crippen molar-refractivity contribution < 1.29 is 9.84 Å². The minimum atomic E-state index is -0.0193. The fourth-order valence-electron chi connectivity index (χ4n) is 0.969. The fourth-order valence-corrected chi connectivity index (χ4v) is 1.19. The number of hydrogen-bond donors (Lipinski definition) is 1. The summed E-state index contributed by atoms with van der Waals surface area (Å²) in [6.07, 6.45) is 0.204. The number of halogens is 1. The van der Waals surface area contributed by atoms with E-state index in [1.807, 2.05) is 6.07 Å². The number of phenols is 1. The van der Waals surface area contributed by atoms with Gasteiger partial charge in [-0.2, -0.15) is 5.26 Å². The summed E-state index contributed by atoms with van der Waals surface area (Å²) < 4.78 is 4.87. The van der Waals surface area contributed by atoms with Crippen LogP contribution in [0, 0.1) is 11.3 Å². The highest BCUT2D eigenvalue weighted by Gasteiger charge is 2.07. The molecule has 0 atom stereocenters. The van der Waals surface area contributed by atoms with Gasteiger partial charge in [0.1, 0.15) is 0 Å². The van der Waals surface area contributed by atoms with Crippen molar-refractivity contribution in [1.29, 1.82) is 5.26 Å². The van der Waals surface area contributed by atoms with E-state index in [4.69, 9.17) is 21.6 Å². The highest BCUT2D eigenvalue weighted by Crippen LogP contribution is 2.32. The molecule has 1 aromatic rings. The maximum absolute atomic E-state index is 9.29. The number of nitriles is 1. The van der Waals surface area contributed by atoms with Crippen molar-refractivity contribution in [2.24, 2.45) is 0 Å². The van der Waals surface area contributed by atoms with Crippen LogP contribution in [-0.2, 0) is 6.42 Å². The first kappa shape index (κ1) is 9.69. The molecule has 0 heterocycles. The van der Waals surface area contributed by atoms with Gasteiger partial charge >= 0.3 is 0 Å². The van der Waals surface area contributed by atoms with Gasteiger partial charge in [0, 0.05) is 11.1 Å². The number of rotatable bonds is 2. The third kappa shape index (κ3) is 2.04. The monoisotopic (exact) mass is 197 g/mol. The second-order valence-electron chi connectivity index (χ2n) is 2.45. The lowest BCUT2D eigenvalue weighted by molar-refractivity contribution is 0.373. The van der Waals surface area contributed by atoms with Gasteiger partial charge in [-0.05, 0) is 11.6 Å². The average molecular weight is 198 g/mol. The molecule has 0 saturated carbocycles. The highest BCUT2D eigenvalue weighted by atomic mass is 35.5. The second kappa shape index (κ2) is 4.01. The summed E-state index contributed by atoms with van der Waals surface area (Å²) >= 11 is 5.77. The van der Waals surface area contributed by atoms with Crippen molar-refractivity contribution in [2.45, 2.75) is 6.42 Å². The van der Waals surface area contributed by atoms with E-state index in [1.54, 1.807) is 6.07 Å². The third-order valence-electron chi connectivity index (χ3n) is 1.62. The lowest BCUT2D eigenvalue weighted by Gasteiger charge is -2.06. The molecule has 13 heavy (non-hydrogen) atoms. The molecule has 0 spiro atoms. The minimum absolute atomic E-state index is 0.0193. The number of benzene rings is 1. The van der Waals surface area contributed by atoms with E-state index < -0.39 is 0 Å². The topological polar surface area (TPSA) is 53.2 Å². The van der Waals surface area contributed by atoms with Crippen LogP contribution in [0.15, 0.2) is 12.1 Å². The molecule has 0 bridgehead atoms. The SMILES string of the molecule is COc1cc(CC#N)c(Cl)cc1O. The van der Waals surface area contributed by atoms with Crippen LogP contribution in [0.2, 0.25) is 5.02 Å². The molecule has 68 valence electrons. The van der Waals surface area contributed by atoms with E-state index in [1.165, 1.54) is 13.2 Å². The molecule has 0 aromatic heterocycles. The van der Waals surface area contributed by atoms with Crippen molar-refractivity contribution in [3.05, 3.63) is 22.7 Å². The fraction of sp³-hybridized carbons (Fsp3) is 0.222. The van der Waals surface area contributed by atoms with Gasteiger partial charge in [-0.15, -0.1) is 0 Å². The molecule has 0 radical (unpaired) electrons. The van der Waals surface area contributed by atoms with E-state index >= 15 is 0 Å². The molecule has 1 aromatic carbocycles. The number of ether oxygens (including phenoxy) is 1. The normalized spacial score (nSPS) is 9.31. The van der Waals surface area contributed by atoms with Crippen LogP contribution >= 0.6 is 11.6 Å². The van der Waals surface area contributed by atoms with Gasteiger partial charge in [-0.25, -0.2) is 0 Å². The lowest BCUT2D eigenvalue weighted by atomic mass is 10.1. The van der Waals surface area contributed by atoms with Gasteiger partial charge in [0.05, 0.1) is 19.6 Å². The van der Waals surface area contributed by atoms with Crippen molar-refractivity contribution in [3.8, 4) is 17.6 Å². The first-order valence-electron chi connectivity index (χ1n) is 3.61. The van der Waals surface area contributed by atoms with Crippen molar-refractivity contribution >= 4 is 11.6 Å². The number of hydrogen-bond acceptors (Lipinski definition) is 3. The molecule has 4 heteroatoms. The van der Waals surface area contributed by atoms with E-state index in [-0.39, 0.29) is 12.2 Å². The zero-order valence-corrected chi connectivity index (χ0v) is 7.80. The molecule has 0 unspecified atom stereocenters. The number of nitrogens with zero attached hydrogens (tertiary/aromatic N) is 1. The molecule has 0 amide bonds. The molecular formula is C9H8ClNO2. The van der Waals surface area contributed by atoms with Gasteiger partial charge in [-0.3, -0.25) is 0 Å². The van der Waals surface area contributed by atoms with Crippen LogP contribution in [0.4, 0.5) is 0 Å². The Balaban J connectivity index is 3.16. The molecule has 0 aliphatic rings. The van der Waals surface area contributed by atoms with Crippen molar-refractivity contribution in [1.82, 2.24) is 0 Å². The Morgan fingerprint density at radius 3 is 2.85 bits per heavy atom. The Morgan fingerprint density at radius 1 is 1.62 bits per heavy atom. The lowest BCUT2D eigenvalue weighted by Crippen LogP contribution is -1.88. The van der Waals surface area contributed by atoms with Gasteiger partial charge in [0.2, 0.25) is 0 Å². The molecular weight excluding hydrogens is 190 g/mol. The first-order chi connectivity index (χ1) is 6.19. The summed E-state index contributed by atoms with van der Waals surface area (Å²) in [4.78, 5) is 0. The van der Waals surface area contributed by atoms with Crippen LogP contribution in [-0.4, -0.2) is 12.2 Å². The zero-order valence-electron chi connectivity index (χ0n) is 7.04. The van der Waals surface area contributed by atoms with Crippen molar-refractivity contribution in [3.63, 3.8) is 0 Å². The summed E-state index contributed by atoms with van der Waals surface area (Å²) in [5.74, 6) is 0.309. The van der Waals surface area contributed by atoms with Crippen molar-refractivity contribution in [2.75, 3.05) is 7.11 Å². The standard InChI is InChI=1S/C9H8ClNO2/c1-13-9-4-6(2-3-11)7(10)5-8(9)12/h4-5,12H,2H2,1H3. The number of aromatic hydroxyl groups is 1. The Morgan fingerprint density at radius 2 is 2.31 bits per heavy atom. The van der Waals surface area contributed by atoms with Crippen LogP contribution in [0.3, 0.4) is 0 Å². The Hall–Kier alpha value is -1.40. The maximum atomic E-state index is 9.29. The van der Waals surface area contributed by atoms with Gasteiger partial charge < -0.3 is 9.84 Å². The highest BCUT2D eigenvalue weighted by molar-refractivity contribution is 6.31. The molecule has 0 saturated heterocycles. The van der Waals surface area contributed by atoms with E-state index in [0.717, 1.165) is 0 Å². The largest absolute Gasteiger partial charge is 0.504 e. The zero-order chi connectivity index (χ0) is 9.84. The average Bonchev–Trinajstić information content (AvgIpc) is 2.10. The molecule has 1 N–H and O–H groups in total. The van der Waals surface area contributed by atoms with E-state index in [0.29, 0.717) is 16.3 Å². The summed E-state index contributed by atoms with van der Waals surface area (Å²) in [6, 6.07) is 4.90. The molecule has 0 fully saturated rings. The molecule has 0 aliphatic carbocycles.